The van der Waals surface area contributed by atoms with Crippen LogP contribution in [0.4, 0.5) is 5.69 Å². The van der Waals surface area contributed by atoms with E-state index in [1.807, 2.05) is 42.5 Å². The van der Waals surface area contributed by atoms with Crippen molar-refractivity contribution in [1.29, 1.82) is 0 Å². The van der Waals surface area contributed by atoms with Crippen LogP contribution in [0.3, 0.4) is 0 Å². The van der Waals surface area contributed by atoms with E-state index in [2.05, 4.69) is 37.2 Å². The molecule has 0 aliphatic carbocycles. The molecule has 7 heteroatoms. The minimum Gasteiger partial charge on any atom is -0.483 e. The Morgan fingerprint density at radius 1 is 0.968 bits per heavy atom. The van der Waals surface area contributed by atoms with Crippen molar-refractivity contribution in [2.24, 2.45) is 0 Å². The summed E-state index contributed by atoms with van der Waals surface area (Å²) in [5.74, 6) is 0.0824. The van der Waals surface area contributed by atoms with E-state index in [0.29, 0.717) is 23.5 Å². The van der Waals surface area contributed by atoms with Gasteiger partial charge in [0.25, 0.3) is 11.8 Å². The molecule has 3 aromatic carbocycles. The number of benzene rings is 3. The molecule has 0 aliphatic heterocycles. The third kappa shape index (κ3) is 6.42. The first-order valence-electron chi connectivity index (χ1n) is 9.71. The highest BCUT2D eigenvalue weighted by Gasteiger charge is 2.19. The maximum atomic E-state index is 12.7. The summed E-state index contributed by atoms with van der Waals surface area (Å²) in [6, 6.07) is 22.5. The number of hydrogen-bond acceptors (Lipinski definition) is 3. The Kier molecular flexibility index (Phi) is 8.26. The van der Waals surface area contributed by atoms with Crippen LogP contribution in [0.15, 0.2) is 81.7 Å². The second-order valence-electron chi connectivity index (χ2n) is 6.82. The summed E-state index contributed by atoms with van der Waals surface area (Å²) in [6.45, 7) is 0.357. The van der Waals surface area contributed by atoms with E-state index in [0.717, 1.165) is 20.9 Å². The lowest BCUT2D eigenvalue weighted by Gasteiger charge is -2.21. The second kappa shape index (κ2) is 11.1. The zero-order chi connectivity index (χ0) is 22.2. The Morgan fingerprint density at radius 2 is 1.68 bits per heavy atom. The lowest BCUT2D eigenvalue weighted by molar-refractivity contribution is -0.120. The van der Waals surface area contributed by atoms with Gasteiger partial charge in [-0.2, -0.15) is 0 Å². The Bertz CT molecular complexity index is 1060. The van der Waals surface area contributed by atoms with Gasteiger partial charge in [-0.3, -0.25) is 9.59 Å². The molecule has 0 aliphatic rings. The van der Waals surface area contributed by atoms with Crippen molar-refractivity contribution >= 4 is 49.4 Å². The number of para-hydroxylation sites is 1. The highest BCUT2D eigenvalue weighted by Crippen LogP contribution is 2.28. The third-order valence-electron chi connectivity index (χ3n) is 4.67. The van der Waals surface area contributed by atoms with Gasteiger partial charge in [0.1, 0.15) is 5.75 Å². The smallest absolute Gasteiger partial charge is 0.264 e. The molecular formula is C24H22Br2N2O3. The van der Waals surface area contributed by atoms with Crippen LogP contribution in [0.1, 0.15) is 15.9 Å². The summed E-state index contributed by atoms with van der Waals surface area (Å²) < 4.78 is 7.30. The van der Waals surface area contributed by atoms with Crippen LogP contribution < -0.4 is 15.0 Å². The van der Waals surface area contributed by atoms with Crippen molar-refractivity contribution in [3.63, 3.8) is 0 Å². The summed E-state index contributed by atoms with van der Waals surface area (Å²) in [5.41, 5.74) is 2.12. The lowest BCUT2D eigenvalue weighted by Crippen LogP contribution is -2.34. The summed E-state index contributed by atoms with van der Waals surface area (Å²) in [6.07, 6.45) is 0.736. The molecule has 0 heterocycles. The summed E-state index contributed by atoms with van der Waals surface area (Å²) in [7, 11) is 1.64. The maximum Gasteiger partial charge on any atom is 0.264 e. The summed E-state index contributed by atoms with van der Waals surface area (Å²) in [5, 5.41) is 2.93. The van der Waals surface area contributed by atoms with Gasteiger partial charge in [0.05, 0.1) is 15.7 Å². The number of nitrogens with zero attached hydrogens (tertiary/aromatic N) is 1. The third-order valence-corrected chi connectivity index (χ3v) is 5.78. The van der Waals surface area contributed by atoms with Crippen LogP contribution in [0.25, 0.3) is 0 Å². The zero-order valence-corrected chi connectivity index (χ0v) is 20.1. The van der Waals surface area contributed by atoms with E-state index >= 15 is 0 Å². The van der Waals surface area contributed by atoms with Crippen molar-refractivity contribution in [3.8, 4) is 5.75 Å². The molecule has 0 atom stereocenters. The number of hydrogen-bond donors (Lipinski definition) is 1. The molecule has 0 saturated heterocycles. The molecule has 2 amide bonds. The fraction of sp³-hybridized carbons (Fsp3) is 0.167. The monoisotopic (exact) mass is 544 g/mol. The van der Waals surface area contributed by atoms with Crippen LogP contribution >= 0.6 is 31.9 Å². The number of halogens is 2. The highest BCUT2D eigenvalue weighted by atomic mass is 79.9. The highest BCUT2D eigenvalue weighted by molar-refractivity contribution is 9.11. The molecule has 0 bridgehead atoms. The molecule has 3 aromatic rings. The van der Waals surface area contributed by atoms with Gasteiger partial charge in [0, 0.05) is 18.1 Å². The van der Waals surface area contributed by atoms with Crippen molar-refractivity contribution in [2.45, 2.75) is 6.42 Å². The summed E-state index contributed by atoms with van der Waals surface area (Å²) >= 11 is 6.80. The Labute approximate surface area is 198 Å². The first-order valence-corrected chi connectivity index (χ1v) is 11.3. The number of anilines is 1. The predicted octanol–water partition coefficient (Wildman–Crippen LogP) is 5.23. The number of carbonyl (C=O) groups excluding carboxylic acids is 2. The van der Waals surface area contributed by atoms with E-state index in [1.165, 1.54) is 4.90 Å². The molecule has 5 nitrogen and oxygen atoms in total. The summed E-state index contributed by atoms with van der Waals surface area (Å²) in [4.78, 5) is 26.9. The van der Waals surface area contributed by atoms with E-state index < -0.39 is 0 Å². The SMILES string of the molecule is CN(C(=O)COc1ccc(Br)cc1Br)c1ccccc1C(=O)NCCc1ccccc1. The van der Waals surface area contributed by atoms with Crippen LogP contribution in [-0.4, -0.2) is 32.0 Å². The molecule has 0 saturated carbocycles. The number of rotatable bonds is 8. The standard InChI is InChI=1S/C24H22Br2N2O3/c1-28(23(29)16-31-22-12-11-18(25)15-20(22)26)21-10-6-5-9-19(21)24(30)27-14-13-17-7-3-2-4-8-17/h2-12,15H,13-14,16H2,1H3,(H,27,30). The first kappa shape index (κ1) is 23.0. The molecule has 1 N–H and O–H groups in total. The largest absolute Gasteiger partial charge is 0.483 e. The van der Waals surface area contributed by atoms with Crippen molar-refractivity contribution < 1.29 is 14.3 Å². The molecule has 0 fully saturated rings. The van der Waals surface area contributed by atoms with Gasteiger partial charge in [-0.1, -0.05) is 58.4 Å². The van der Waals surface area contributed by atoms with E-state index in [4.69, 9.17) is 4.74 Å². The van der Waals surface area contributed by atoms with Crippen molar-refractivity contribution in [3.05, 3.63) is 92.9 Å². The zero-order valence-electron chi connectivity index (χ0n) is 17.0. The molecule has 0 spiro atoms. The normalized spacial score (nSPS) is 10.4. The van der Waals surface area contributed by atoms with Gasteiger partial charge in [-0.25, -0.2) is 0 Å². The predicted molar refractivity (Wildman–Crippen MR) is 130 cm³/mol. The number of amides is 2. The first-order chi connectivity index (χ1) is 15.0. The fourth-order valence-corrected chi connectivity index (χ4v) is 4.14. The van der Waals surface area contributed by atoms with Crippen LogP contribution in [-0.2, 0) is 11.2 Å². The van der Waals surface area contributed by atoms with Crippen LogP contribution in [0, 0.1) is 0 Å². The number of likely N-dealkylation sites (N-methyl/N-ethyl adjacent to an activating group) is 1. The van der Waals surface area contributed by atoms with E-state index in [1.54, 1.807) is 37.4 Å². The molecule has 0 unspecified atom stereocenters. The minimum absolute atomic E-state index is 0.152. The van der Waals surface area contributed by atoms with Gasteiger partial charge in [-0.05, 0) is 58.2 Å². The van der Waals surface area contributed by atoms with Crippen molar-refractivity contribution in [2.75, 3.05) is 25.1 Å². The van der Waals surface area contributed by atoms with E-state index in [9.17, 15) is 9.59 Å². The molecule has 160 valence electrons. The van der Waals surface area contributed by atoms with Crippen LogP contribution in [0.5, 0.6) is 5.75 Å². The van der Waals surface area contributed by atoms with Gasteiger partial charge >= 0.3 is 0 Å². The quantitative estimate of drug-likeness (QED) is 0.422. The van der Waals surface area contributed by atoms with Gasteiger partial charge in [0.2, 0.25) is 0 Å². The molecular weight excluding hydrogens is 524 g/mol. The lowest BCUT2D eigenvalue weighted by atomic mass is 10.1. The molecule has 0 aromatic heterocycles. The molecule has 31 heavy (non-hydrogen) atoms. The maximum absolute atomic E-state index is 12.7. The van der Waals surface area contributed by atoms with Gasteiger partial charge in [-0.15, -0.1) is 0 Å². The fourth-order valence-electron chi connectivity index (χ4n) is 2.98. The van der Waals surface area contributed by atoms with Crippen molar-refractivity contribution in [1.82, 2.24) is 5.32 Å². The number of ether oxygens (including phenoxy) is 1. The second-order valence-corrected chi connectivity index (χ2v) is 8.59. The Balaban J connectivity index is 1.62. The molecule has 3 rings (SSSR count). The topological polar surface area (TPSA) is 58.6 Å². The minimum atomic E-state index is -0.264. The van der Waals surface area contributed by atoms with Gasteiger partial charge in [0.15, 0.2) is 6.61 Å². The Morgan fingerprint density at radius 3 is 2.42 bits per heavy atom. The Hall–Kier alpha value is -2.64. The molecule has 0 radical (unpaired) electrons. The number of carbonyl (C=O) groups is 2. The van der Waals surface area contributed by atoms with E-state index in [-0.39, 0.29) is 18.4 Å². The van der Waals surface area contributed by atoms with Gasteiger partial charge < -0.3 is 15.0 Å². The van der Waals surface area contributed by atoms with Crippen LogP contribution in [0.2, 0.25) is 0 Å². The average Bonchev–Trinajstić information content (AvgIpc) is 2.78. The number of nitrogens with one attached hydrogen (secondary N) is 1. The average molecular weight is 546 g/mol.